The second-order valence-corrected chi connectivity index (χ2v) is 11.1. The molecule has 162 valence electrons. The molecule has 2 heterocycles. The molecule has 7 nitrogen and oxygen atoms in total. The molecule has 8 heteroatoms. The predicted octanol–water partition coefficient (Wildman–Crippen LogP) is 2.91. The van der Waals surface area contributed by atoms with Gasteiger partial charge in [0.1, 0.15) is 4.90 Å². The molecule has 0 atom stereocenters. The Labute approximate surface area is 178 Å². The summed E-state index contributed by atoms with van der Waals surface area (Å²) in [5.74, 6) is -0.252. The summed E-state index contributed by atoms with van der Waals surface area (Å²) >= 11 is 0. The van der Waals surface area contributed by atoms with Gasteiger partial charge in [-0.25, -0.2) is 13.1 Å². The molecule has 1 fully saturated rings. The van der Waals surface area contributed by atoms with Gasteiger partial charge >= 0.3 is 0 Å². The van der Waals surface area contributed by atoms with E-state index in [0.717, 1.165) is 5.69 Å². The van der Waals surface area contributed by atoms with Gasteiger partial charge < -0.3 is 5.32 Å². The standard InChI is InChI=1S/C22H30N4O3S/c1-7-19(27)24-20-21(3,4)14-25(15-22(20,5)6)30(28,29)18-13-23-26(16(18)2)17-11-9-8-10-12-17/h7-13,20H,1,14-15H2,2-6H3,(H,24,27). The van der Waals surface area contributed by atoms with Crippen molar-refractivity contribution >= 4 is 15.9 Å². The molecule has 0 bridgehead atoms. The molecule has 0 saturated carbocycles. The lowest BCUT2D eigenvalue weighted by atomic mass is 9.67. The van der Waals surface area contributed by atoms with E-state index in [-0.39, 0.29) is 29.9 Å². The van der Waals surface area contributed by atoms with Crippen LogP contribution < -0.4 is 5.32 Å². The van der Waals surface area contributed by atoms with E-state index < -0.39 is 20.9 Å². The van der Waals surface area contributed by atoms with Crippen molar-refractivity contribution in [3.05, 3.63) is 54.9 Å². The van der Waals surface area contributed by atoms with Gasteiger partial charge in [-0.15, -0.1) is 0 Å². The Hall–Kier alpha value is -2.45. The monoisotopic (exact) mass is 430 g/mol. The van der Waals surface area contributed by atoms with Gasteiger partial charge in [-0.1, -0.05) is 52.5 Å². The lowest BCUT2D eigenvalue weighted by Crippen LogP contribution is -2.65. The third kappa shape index (κ3) is 3.94. The van der Waals surface area contributed by atoms with Crippen LogP contribution in [0, 0.1) is 17.8 Å². The first-order chi connectivity index (χ1) is 13.9. The number of nitrogens with zero attached hydrogens (tertiary/aromatic N) is 3. The summed E-state index contributed by atoms with van der Waals surface area (Å²) in [6.07, 6.45) is 2.67. The Kier molecular flexibility index (Phi) is 5.68. The van der Waals surface area contributed by atoms with Crippen molar-refractivity contribution in [2.24, 2.45) is 10.8 Å². The average molecular weight is 431 g/mol. The fraction of sp³-hybridized carbons (Fsp3) is 0.455. The first kappa shape index (κ1) is 22.2. The van der Waals surface area contributed by atoms with Crippen molar-refractivity contribution in [1.82, 2.24) is 19.4 Å². The second kappa shape index (κ2) is 7.67. The molecule has 1 amide bonds. The average Bonchev–Trinajstić information content (AvgIpc) is 3.06. The number of sulfonamides is 1. The van der Waals surface area contributed by atoms with Crippen LogP contribution in [-0.4, -0.2) is 47.5 Å². The van der Waals surface area contributed by atoms with Gasteiger partial charge in [-0.3, -0.25) is 4.79 Å². The number of para-hydroxylation sites is 1. The third-order valence-corrected chi connectivity index (χ3v) is 7.68. The molecule has 1 aromatic heterocycles. The number of carbonyl (C=O) groups excluding carboxylic acids is 1. The molecule has 30 heavy (non-hydrogen) atoms. The molecular formula is C22H30N4O3S. The summed E-state index contributed by atoms with van der Waals surface area (Å²) in [4.78, 5) is 12.2. The smallest absolute Gasteiger partial charge is 0.246 e. The molecule has 1 aliphatic heterocycles. The highest BCUT2D eigenvalue weighted by Gasteiger charge is 2.50. The minimum Gasteiger partial charge on any atom is -0.349 e. The van der Waals surface area contributed by atoms with Crippen LogP contribution in [0.4, 0.5) is 0 Å². The van der Waals surface area contributed by atoms with Crippen molar-refractivity contribution in [3.8, 4) is 5.69 Å². The van der Waals surface area contributed by atoms with Crippen molar-refractivity contribution in [3.63, 3.8) is 0 Å². The van der Waals surface area contributed by atoms with Crippen molar-refractivity contribution in [1.29, 1.82) is 0 Å². The molecule has 0 unspecified atom stereocenters. The van der Waals surface area contributed by atoms with E-state index in [1.54, 1.807) is 11.6 Å². The largest absolute Gasteiger partial charge is 0.349 e. The fourth-order valence-electron chi connectivity index (χ4n) is 4.58. The second-order valence-electron chi connectivity index (χ2n) is 9.24. The van der Waals surface area contributed by atoms with Crippen molar-refractivity contribution in [2.75, 3.05) is 13.1 Å². The lowest BCUT2D eigenvalue weighted by Gasteiger charge is -2.52. The Balaban J connectivity index is 1.96. The number of hydrogen-bond donors (Lipinski definition) is 1. The molecule has 3 rings (SSSR count). The molecular weight excluding hydrogens is 400 g/mol. The highest BCUT2D eigenvalue weighted by molar-refractivity contribution is 7.89. The van der Waals surface area contributed by atoms with E-state index in [1.807, 2.05) is 58.0 Å². The van der Waals surface area contributed by atoms with Crippen molar-refractivity contribution < 1.29 is 13.2 Å². The molecule has 0 radical (unpaired) electrons. The van der Waals surface area contributed by atoms with E-state index in [9.17, 15) is 13.2 Å². The van der Waals surface area contributed by atoms with Gasteiger partial charge in [-0.05, 0) is 36.0 Å². The van der Waals surface area contributed by atoms with Gasteiger partial charge in [0, 0.05) is 19.1 Å². The molecule has 0 aliphatic carbocycles. The normalized spacial score (nSPS) is 19.4. The Morgan fingerprint density at radius 2 is 1.73 bits per heavy atom. The van der Waals surface area contributed by atoms with Crippen molar-refractivity contribution in [2.45, 2.75) is 45.6 Å². The first-order valence-electron chi connectivity index (χ1n) is 9.93. The molecule has 2 aromatic rings. The predicted molar refractivity (Wildman–Crippen MR) is 117 cm³/mol. The van der Waals surface area contributed by atoms with Crippen LogP contribution in [0.3, 0.4) is 0 Å². The highest BCUT2D eigenvalue weighted by atomic mass is 32.2. The van der Waals surface area contributed by atoms with E-state index in [1.165, 1.54) is 16.6 Å². The van der Waals surface area contributed by atoms with Gasteiger partial charge in [0.15, 0.2) is 0 Å². The topological polar surface area (TPSA) is 84.3 Å². The summed E-state index contributed by atoms with van der Waals surface area (Å²) in [5.41, 5.74) is 0.426. The zero-order valence-electron chi connectivity index (χ0n) is 18.2. The third-order valence-electron chi connectivity index (χ3n) is 5.79. The molecule has 1 saturated heterocycles. The van der Waals surface area contributed by atoms with Gasteiger partial charge in [0.2, 0.25) is 15.9 Å². The molecule has 1 aliphatic rings. The summed E-state index contributed by atoms with van der Waals surface area (Å²) in [6.45, 7) is 13.8. The quantitative estimate of drug-likeness (QED) is 0.739. The number of rotatable bonds is 5. The van der Waals surface area contributed by atoms with Crippen LogP contribution in [0.5, 0.6) is 0 Å². The Morgan fingerprint density at radius 1 is 1.17 bits per heavy atom. The van der Waals surface area contributed by atoms with E-state index in [4.69, 9.17) is 0 Å². The number of benzene rings is 1. The molecule has 1 N–H and O–H groups in total. The number of amides is 1. The summed E-state index contributed by atoms with van der Waals surface area (Å²) in [5, 5.41) is 7.33. The van der Waals surface area contributed by atoms with Crippen LogP contribution in [0.25, 0.3) is 5.69 Å². The van der Waals surface area contributed by atoms with Gasteiger partial charge in [0.25, 0.3) is 0 Å². The van der Waals surface area contributed by atoms with Gasteiger partial charge in [-0.2, -0.15) is 9.40 Å². The summed E-state index contributed by atoms with van der Waals surface area (Å²) in [6, 6.07) is 9.25. The molecule has 0 spiro atoms. The SMILES string of the molecule is C=CC(=O)NC1C(C)(C)CN(S(=O)(=O)c2cnn(-c3ccccc3)c2C)CC1(C)C. The van der Waals surface area contributed by atoms with E-state index in [0.29, 0.717) is 5.69 Å². The Bertz CT molecular complexity index is 1040. The number of carbonyl (C=O) groups is 1. The lowest BCUT2D eigenvalue weighted by molar-refractivity contribution is -0.120. The minimum absolute atomic E-state index is 0.199. The maximum Gasteiger partial charge on any atom is 0.246 e. The zero-order valence-corrected chi connectivity index (χ0v) is 19.0. The van der Waals surface area contributed by atoms with Crippen LogP contribution in [0.1, 0.15) is 33.4 Å². The summed E-state index contributed by atoms with van der Waals surface area (Å²) < 4.78 is 30.3. The highest BCUT2D eigenvalue weighted by Crippen LogP contribution is 2.42. The minimum atomic E-state index is -3.76. The summed E-state index contributed by atoms with van der Waals surface area (Å²) in [7, 11) is -3.76. The number of piperidine rings is 1. The maximum absolute atomic E-state index is 13.6. The van der Waals surface area contributed by atoms with E-state index in [2.05, 4.69) is 17.0 Å². The van der Waals surface area contributed by atoms with E-state index >= 15 is 0 Å². The number of hydrogen-bond acceptors (Lipinski definition) is 4. The zero-order chi connectivity index (χ0) is 22.3. The van der Waals surface area contributed by atoms with Crippen LogP contribution in [0.15, 0.2) is 54.1 Å². The maximum atomic E-state index is 13.6. The fourth-order valence-corrected chi connectivity index (χ4v) is 6.51. The van der Waals surface area contributed by atoms with Crippen LogP contribution in [0.2, 0.25) is 0 Å². The van der Waals surface area contributed by atoms with Crippen LogP contribution in [-0.2, 0) is 14.8 Å². The Morgan fingerprint density at radius 3 is 2.27 bits per heavy atom. The molecule has 1 aromatic carbocycles. The van der Waals surface area contributed by atoms with Crippen LogP contribution >= 0.6 is 0 Å². The number of aromatic nitrogens is 2. The number of nitrogens with one attached hydrogen (secondary N) is 1. The van der Waals surface area contributed by atoms with Gasteiger partial charge in [0.05, 0.1) is 17.6 Å². The first-order valence-corrected chi connectivity index (χ1v) is 11.4.